The Labute approximate surface area is 313 Å². The van der Waals surface area contributed by atoms with Gasteiger partial charge < -0.3 is 0 Å². The van der Waals surface area contributed by atoms with E-state index in [-0.39, 0.29) is 0 Å². The summed E-state index contributed by atoms with van der Waals surface area (Å²) in [7, 11) is 0. The Hall–Kier alpha value is -7.23. The van der Waals surface area contributed by atoms with E-state index in [1.165, 1.54) is 49.2 Å². The number of fused-ring (bicyclic) bond motifs is 3. The minimum atomic E-state index is 0.634. The van der Waals surface area contributed by atoms with Crippen LogP contribution >= 0.6 is 0 Å². The predicted octanol–water partition coefficient (Wildman–Crippen LogP) is 13.3. The first kappa shape index (κ1) is 31.5. The zero-order valence-electron chi connectivity index (χ0n) is 29.4. The van der Waals surface area contributed by atoms with Crippen LogP contribution in [0.25, 0.3) is 99.9 Å². The van der Waals surface area contributed by atoms with Crippen LogP contribution in [0.2, 0.25) is 0 Å². The smallest absolute Gasteiger partial charge is 0.164 e. The molecule has 10 aromatic rings. The van der Waals surface area contributed by atoms with Crippen molar-refractivity contribution in [3.05, 3.63) is 200 Å². The summed E-state index contributed by atoms with van der Waals surface area (Å²) in [6.07, 6.45) is 0. The maximum absolute atomic E-state index is 5.15. The van der Waals surface area contributed by atoms with Crippen LogP contribution in [0.4, 0.5) is 0 Å². The number of benzene rings is 9. The van der Waals surface area contributed by atoms with Crippen molar-refractivity contribution in [2.24, 2.45) is 0 Å². The van der Waals surface area contributed by atoms with Crippen LogP contribution < -0.4 is 0 Å². The normalized spacial score (nSPS) is 11.3. The van der Waals surface area contributed by atoms with E-state index in [4.69, 9.17) is 15.0 Å². The highest BCUT2D eigenvalue weighted by molar-refractivity contribution is 5.98. The third-order valence-corrected chi connectivity index (χ3v) is 10.3. The van der Waals surface area contributed by atoms with Gasteiger partial charge in [-0.15, -0.1) is 0 Å². The maximum Gasteiger partial charge on any atom is 0.164 e. The minimum absolute atomic E-state index is 0.634. The van der Waals surface area contributed by atoms with E-state index >= 15 is 0 Å². The first-order valence-electron chi connectivity index (χ1n) is 18.3. The van der Waals surface area contributed by atoms with Crippen molar-refractivity contribution in [1.82, 2.24) is 15.0 Å². The predicted molar refractivity (Wildman–Crippen MR) is 225 cm³/mol. The topological polar surface area (TPSA) is 38.7 Å². The highest BCUT2D eigenvalue weighted by Gasteiger charge is 2.15. The van der Waals surface area contributed by atoms with Gasteiger partial charge in [0.1, 0.15) is 0 Å². The molecule has 0 aliphatic rings. The fraction of sp³-hybridized carbons (Fsp3) is 0. The zero-order chi connectivity index (χ0) is 35.8. The highest BCUT2D eigenvalue weighted by Crippen LogP contribution is 2.34. The average molecular weight is 688 g/mol. The molecule has 0 unspecified atom stereocenters. The fourth-order valence-electron chi connectivity index (χ4n) is 7.54. The molecular weight excluding hydrogens is 655 g/mol. The molecule has 0 radical (unpaired) electrons. The van der Waals surface area contributed by atoms with E-state index in [1.54, 1.807) is 0 Å². The third-order valence-electron chi connectivity index (χ3n) is 10.3. The molecule has 0 saturated heterocycles. The van der Waals surface area contributed by atoms with Gasteiger partial charge in [0, 0.05) is 16.7 Å². The van der Waals surface area contributed by atoms with Crippen molar-refractivity contribution in [2.45, 2.75) is 0 Å². The van der Waals surface area contributed by atoms with Gasteiger partial charge in [-0.1, -0.05) is 182 Å². The van der Waals surface area contributed by atoms with Crippen molar-refractivity contribution in [2.75, 3.05) is 0 Å². The number of aromatic nitrogens is 3. The summed E-state index contributed by atoms with van der Waals surface area (Å²) < 4.78 is 0. The summed E-state index contributed by atoms with van der Waals surface area (Å²) in [4.78, 5) is 15.4. The van der Waals surface area contributed by atoms with Crippen LogP contribution in [0, 0.1) is 0 Å². The third kappa shape index (κ3) is 5.88. The first-order chi connectivity index (χ1) is 26.7. The highest BCUT2D eigenvalue weighted by atomic mass is 15.0. The molecule has 0 N–H and O–H groups in total. The zero-order valence-corrected chi connectivity index (χ0v) is 29.4. The van der Waals surface area contributed by atoms with E-state index in [0.717, 1.165) is 33.2 Å². The van der Waals surface area contributed by atoms with Gasteiger partial charge in [-0.2, -0.15) is 0 Å². The second-order valence-corrected chi connectivity index (χ2v) is 13.7. The van der Waals surface area contributed by atoms with Crippen molar-refractivity contribution >= 4 is 32.3 Å². The van der Waals surface area contributed by atoms with E-state index in [9.17, 15) is 0 Å². The standard InChI is InChI=1S/C51H33N3/c1-2-11-34(12-3-1)39-27-28-41-32-44(30-29-40(41)31-39)51-53-49(38-25-23-37(24-26-38)47-21-9-15-35-13-4-6-19-45(35)47)52-50(54-51)43-18-8-17-42(33-43)48-22-10-16-36-14-5-7-20-46(36)48/h1-33H. The Kier molecular flexibility index (Phi) is 7.81. The van der Waals surface area contributed by atoms with Gasteiger partial charge >= 0.3 is 0 Å². The lowest BCUT2D eigenvalue weighted by atomic mass is 9.97. The molecule has 0 aliphatic heterocycles. The van der Waals surface area contributed by atoms with Crippen LogP contribution in [0.5, 0.6) is 0 Å². The molecule has 0 amide bonds. The first-order valence-corrected chi connectivity index (χ1v) is 18.3. The Bertz CT molecular complexity index is 2970. The number of rotatable bonds is 6. The van der Waals surface area contributed by atoms with Gasteiger partial charge in [0.05, 0.1) is 0 Å². The van der Waals surface area contributed by atoms with Crippen LogP contribution in [-0.4, -0.2) is 15.0 Å². The summed E-state index contributed by atoms with van der Waals surface area (Å²) in [6, 6.07) is 70.7. The Morgan fingerprint density at radius 1 is 0.222 bits per heavy atom. The Morgan fingerprint density at radius 2 is 0.648 bits per heavy atom. The second-order valence-electron chi connectivity index (χ2n) is 13.7. The van der Waals surface area contributed by atoms with Crippen molar-refractivity contribution in [1.29, 1.82) is 0 Å². The fourth-order valence-corrected chi connectivity index (χ4v) is 7.54. The lowest BCUT2D eigenvalue weighted by Crippen LogP contribution is -2.00. The largest absolute Gasteiger partial charge is 0.208 e. The lowest BCUT2D eigenvalue weighted by molar-refractivity contribution is 1.07. The second kappa shape index (κ2) is 13.4. The van der Waals surface area contributed by atoms with E-state index in [2.05, 4.69) is 194 Å². The molecule has 54 heavy (non-hydrogen) atoms. The molecule has 0 aliphatic carbocycles. The van der Waals surface area contributed by atoms with Gasteiger partial charge in [0.15, 0.2) is 17.5 Å². The minimum Gasteiger partial charge on any atom is -0.208 e. The summed E-state index contributed by atoms with van der Waals surface area (Å²) in [5, 5.41) is 7.19. The monoisotopic (exact) mass is 687 g/mol. The maximum atomic E-state index is 5.15. The van der Waals surface area contributed by atoms with Gasteiger partial charge in [0.25, 0.3) is 0 Å². The van der Waals surface area contributed by atoms with Crippen LogP contribution in [0.1, 0.15) is 0 Å². The molecule has 0 fully saturated rings. The van der Waals surface area contributed by atoms with Crippen molar-refractivity contribution < 1.29 is 0 Å². The van der Waals surface area contributed by atoms with Crippen molar-refractivity contribution in [3.8, 4) is 67.5 Å². The van der Waals surface area contributed by atoms with Crippen molar-refractivity contribution in [3.63, 3.8) is 0 Å². The van der Waals surface area contributed by atoms with Crippen LogP contribution in [-0.2, 0) is 0 Å². The van der Waals surface area contributed by atoms with Crippen LogP contribution in [0.15, 0.2) is 200 Å². The van der Waals surface area contributed by atoms with Gasteiger partial charge in [-0.3, -0.25) is 0 Å². The number of nitrogens with zero attached hydrogens (tertiary/aromatic N) is 3. The van der Waals surface area contributed by atoms with E-state index < -0.39 is 0 Å². The molecule has 1 heterocycles. The SMILES string of the molecule is c1ccc(-c2ccc3cc(-c4nc(-c5ccc(-c6cccc7ccccc67)cc5)nc(-c5cccc(-c6cccc7ccccc67)c5)n4)ccc3c2)cc1. The molecular formula is C51H33N3. The summed E-state index contributed by atoms with van der Waals surface area (Å²) in [5.41, 5.74) is 9.85. The number of hydrogen-bond acceptors (Lipinski definition) is 3. The molecule has 252 valence electrons. The molecule has 3 nitrogen and oxygen atoms in total. The molecule has 1 aromatic heterocycles. The Balaban J connectivity index is 1.09. The molecule has 0 atom stereocenters. The molecule has 9 aromatic carbocycles. The quantitative estimate of drug-likeness (QED) is 0.175. The average Bonchev–Trinajstić information content (AvgIpc) is 3.26. The molecule has 10 rings (SSSR count). The van der Waals surface area contributed by atoms with Gasteiger partial charge in [0.2, 0.25) is 0 Å². The Morgan fingerprint density at radius 3 is 1.31 bits per heavy atom. The molecule has 0 bridgehead atoms. The summed E-state index contributed by atoms with van der Waals surface area (Å²) in [6.45, 7) is 0. The number of hydrogen-bond donors (Lipinski definition) is 0. The molecule has 3 heteroatoms. The van der Waals surface area contributed by atoms with E-state index in [0.29, 0.717) is 17.5 Å². The van der Waals surface area contributed by atoms with Crippen LogP contribution in [0.3, 0.4) is 0 Å². The van der Waals surface area contributed by atoms with Gasteiger partial charge in [-0.05, 0) is 83.9 Å². The molecule has 0 saturated carbocycles. The molecule has 0 spiro atoms. The summed E-state index contributed by atoms with van der Waals surface area (Å²) >= 11 is 0. The van der Waals surface area contributed by atoms with E-state index in [1.807, 2.05) is 6.07 Å². The lowest BCUT2D eigenvalue weighted by Gasteiger charge is -2.12. The summed E-state index contributed by atoms with van der Waals surface area (Å²) in [5.74, 6) is 1.90. The van der Waals surface area contributed by atoms with Gasteiger partial charge in [-0.25, -0.2) is 15.0 Å².